The number of hydrogen-bond acceptors (Lipinski definition) is 2. The van der Waals surface area contributed by atoms with Crippen LogP contribution >= 0.6 is 0 Å². The van der Waals surface area contributed by atoms with Crippen molar-refractivity contribution < 1.29 is 45.7 Å². The van der Waals surface area contributed by atoms with Crippen LogP contribution < -0.4 is 34.9 Å². The Labute approximate surface area is 108 Å². The van der Waals surface area contributed by atoms with Crippen molar-refractivity contribution in [2.24, 2.45) is 0 Å². The molecule has 1 atom stereocenters. The molecule has 14 heavy (non-hydrogen) atoms. The quantitative estimate of drug-likeness (QED) is 0.405. The number of carbonyl (C=O) groups is 2. The van der Waals surface area contributed by atoms with Gasteiger partial charge in [-0.05, 0) is 13.3 Å². The number of amides is 1. The maximum atomic E-state index is 11.1. The number of hydrogen-bond donors (Lipinski definition) is 2. The number of carbonyl (C=O) groups excluding carboxylic acids is 1. The van der Waals surface area contributed by atoms with E-state index in [0.29, 0.717) is 6.42 Å². The largest absolute Gasteiger partial charge is 1.00 e. The van der Waals surface area contributed by atoms with E-state index in [1.807, 2.05) is 0 Å². The van der Waals surface area contributed by atoms with Crippen LogP contribution in [-0.2, 0) is 9.59 Å². The zero-order valence-corrected chi connectivity index (χ0v) is 11.2. The van der Waals surface area contributed by atoms with Gasteiger partial charge in [-0.25, -0.2) is 0 Å². The summed E-state index contributed by atoms with van der Waals surface area (Å²) >= 11 is 0. The first-order valence-electron chi connectivity index (χ1n) is 4.60. The fourth-order valence-corrected chi connectivity index (χ4v) is 0.911. The number of carboxylic acid groups (broad SMARTS) is 1. The SMILES string of the molecule is CCCCCC(=O)N[C@@H](C)C(=O)O.[H-].[Na+]. The van der Waals surface area contributed by atoms with Gasteiger partial charge in [-0.2, -0.15) is 0 Å². The van der Waals surface area contributed by atoms with Crippen molar-refractivity contribution in [3.05, 3.63) is 0 Å². The normalized spacial score (nSPS) is 11.3. The molecule has 0 aliphatic heterocycles. The van der Waals surface area contributed by atoms with Crippen molar-refractivity contribution >= 4 is 11.9 Å². The summed E-state index contributed by atoms with van der Waals surface area (Å²) < 4.78 is 0. The predicted octanol–water partition coefficient (Wildman–Crippen LogP) is -1.73. The van der Waals surface area contributed by atoms with Gasteiger partial charge < -0.3 is 11.8 Å². The third kappa shape index (κ3) is 8.53. The first-order valence-corrected chi connectivity index (χ1v) is 4.60. The van der Waals surface area contributed by atoms with Crippen LogP contribution in [0.3, 0.4) is 0 Å². The summed E-state index contributed by atoms with van der Waals surface area (Å²) in [6, 6.07) is -0.783. The first-order chi connectivity index (χ1) is 6.07. The summed E-state index contributed by atoms with van der Waals surface area (Å²) in [6.45, 7) is 3.51. The van der Waals surface area contributed by atoms with Crippen LogP contribution in [-0.4, -0.2) is 23.0 Å². The molecule has 0 spiro atoms. The molecule has 0 aliphatic carbocycles. The molecule has 0 radical (unpaired) electrons. The summed E-state index contributed by atoms with van der Waals surface area (Å²) in [5.74, 6) is -1.17. The number of nitrogens with one attached hydrogen (secondary N) is 1. The molecule has 78 valence electrons. The number of aliphatic carboxylic acids is 1. The van der Waals surface area contributed by atoms with Gasteiger partial charge in [-0.3, -0.25) is 9.59 Å². The molecule has 0 aliphatic rings. The molecular weight excluding hydrogens is 193 g/mol. The Bertz CT molecular complexity index is 190. The molecule has 5 heteroatoms. The standard InChI is InChI=1S/C9H17NO3.Na.H/c1-3-4-5-6-8(11)10-7(2)9(12)13;;/h7H,3-6H2,1-2H3,(H,10,11)(H,12,13);;/q;+1;-1/t7-;;/m0../s1. The van der Waals surface area contributed by atoms with E-state index in [4.69, 9.17) is 5.11 Å². The molecule has 0 rings (SSSR count). The predicted molar refractivity (Wildman–Crippen MR) is 50.5 cm³/mol. The maximum absolute atomic E-state index is 11.1. The third-order valence-corrected chi connectivity index (χ3v) is 1.76. The molecule has 0 heterocycles. The second kappa shape index (κ2) is 9.49. The molecule has 2 N–H and O–H groups in total. The zero-order valence-electron chi connectivity index (χ0n) is 10.2. The minimum absolute atomic E-state index is 0. The Balaban J connectivity index is -0.000000720. The summed E-state index contributed by atoms with van der Waals surface area (Å²) in [6.07, 6.45) is 3.32. The Morgan fingerprint density at radius 3 is 2.43 bits per heavy atom. The van der Waals surface area contributed by atoms with Gasteiger partial charge in [-0.15, -0.1) is 0 Å². The van der Waals surface area contributed by atoms with Crippen LogP contribution in [0.15, 0.2) is 0 Å². The molecule has 0 saturated carbocycles. The molecule has 0 fully saturated rings. The van der Waals surface area contributed by atoms with Gasteiger partial charge in [0.25, 0.3) is 0 Å². The van der Waals surface area contributed by atoms with Crippen molar-refractivity contribution in [1.82, 2.24) is 5.32 Å². The van der Waals surface area contributed by atoms with Gasteiger partial charge in [0.1, 0.15) is 6.04 Å². The third-order valence-electron chi connectivity index (χ3n) is 1.76. The van der Waals surface area contributed by atoms with E-state index in [2.05, 4.69) is 12.2 Å². The van der Waals surface area contributed by atoms with E-state index in [-0.39, 0.29) is 36.9 Å². The zero-order chi connectivity index (χ0) is 10.3. The van der Waals surface area contributed by atoms with E-state index in [1.165, 1.54) is 6.92 Å². The average Bonchev–Trinajstić information content (AvgIpc) is 2.04. The van der Waals surface area contributed by atoms with Crippen molar-refractivity contribution in [2.45, 2.75) is 45.6 Å². The molecule has 0 unspecified atom stereocenters. The van der Waals surface area contributed by atoms with E-state index >= 15 is 0 Å². The Hall–Kier alpha value is -0.0600. The topological polar surface area (TPSA) is 66.4 Å². The Morgan fingerprint density at radius 1 is 1.43 bits per heavy atom. The number of unbranched alkanes of at least 4 members (excludes halogenated alkanes) is 2. The number of rotatable bonds is 6. The molecule has 0 bridgehead atoms. The van der Waals surface area contributed by atoms with E-state index < -0.39 is 12.0 Å². The van der Waals surface area contributed by atoms with E-state index in [9.17, 15) is 9.59 Å². The molecule has 4 nitrogen and oxygen atoms in total. The van der Waals surface area contributed by atoms with E-state index in [1.54, 1.807) is 0 Å². The monoisotopic (exact) mass is 211 g/mol. The Kier molecular flexibility index (Phi) is 11.1. The summed E-state index contributed by atoms with van der Waals surface area (Å²) in [5.41, 5.74) is 0. The fraction of sp³-hybridized carbons (Fsp3) is 0.778. The van der Waals surface area contributed by atoms with Gasteiger partial charge >= 0.3 is 35.5 Å². The van der Waals surface area contributed by atoms with Crippen LogP contribution in [0.1, 0.15) is 41.0 Å². The molecule has 0 aromatic carbocycles. The van der Waals surface area contributed by atoms with Crippen LogP contribution in [0.2, 0.25) is 0 Å². The number of carboxylic acids is 1. The van der Waals surface area contributed by atoms with Crippen LogP contribution in [0, 0.1) is 0 Å². The minimum Gasteiger partial charge on any atom is -1.00 e. The second-order valence-electron chi connectivity index (χ2n) is 3.08. The van der Waals surface area contributed by atoms with Crippen LogP contribution in [0.5, 0.6) is 0 Å². The fourth-order valence-electron chi connectivity index (χ4n) is 0.911. The van der Waals surface area contributed by atoms with Crippen molar-refractivity contribution in [2.75, 3.05) is 0 Å². The van der Waals surface area contributed by atoms with Gasteiger partial charge in [0.15, 0.2) is 0 Å². The summed E-state index contributed by atoms with van der Waals surface area (Å²) in [7, 11) is 0. The molecule has 0 aromatic rings. The maximum Gasteiger partial charge on any atom is 1.00 e. The second-order valence-corrected chi connectivity index (χ2v) is 3.08. The van der Waals surface area contributed by atoms with Crippen molar-refractivity contribution in [1.29, 1.82) is 0 Å². The Morgan fingerprint density at radius 2 is 2.00 bits per heavy atom. The smallest absolute Gasteiger partial charge is 1.00 e. The van der Waals surface area contributed by atoms with E-state index in [0.717, 1.165) is 19.3 Å². The summed E-state index contributed by atoms with van der Waals surface area (Å²) in [4.78, 5) is 21.4. The molecular formula is C9H18NNaO3. The van der Waals surface area contributed by atoms with Crippen LogP contribution in [0.25, 0.3) is 0 Å². The van der Waals surface area contributed by atoms with Gasteiger partial charge in [0.05, 0.1) is 0 Å². The summed E-state index contributed by atoms with van der Waals surface area (Å²) in [5, 5.41) is 10.9. The molecule has 0 aromatic heterocycles. The van der Waals surface area contributed by atoms with Gasteiger partial charge in [0, 0.05) is 6.42 Å². The van der Waals surface area contributed by atoms with Crippen molar-refractivity contribution in [3.8, 4) is 0 Å². The van der Waals surface area contributed by atoms with Crippen molar-refractivity contribution in [3.63, 3.8) is 0 Å². The first kappa shape index (κ1) is 16.4. The van der Waals surface area contributed by atoms with Gasteiger partial charge in [-0.1, -0.05) is 19.8 Å². The minimum atomic E-state index is -0.996. The van der Waals surface area contributed by atoms with Gasteiger partial charge in [0.2, 0.25) is 5.91 Å². The average molecular weight is 211 g/mol. The molecule has 1 amide bonds. The van der Waals surface area contributed by atoms with Crippen LogP contribution in [0.4, 0.5) is 0 Å². The molecule has 0 saturated heterocycles.